The summed E-state index contributed by atoms with van der Waals surface area (Å²) in [6.45, 7) is 2.57. The Morgan fingerprint density at radius 1 is 1.43 bits per heavy atom. The zero-order valence-corrected chi connectivity index (χ0v) is 13.5. The number of aliphatic hydroxyl groups excluding tert-OH is 1. The number of aliphatic imine (C=N–C) groups is 1. The molecule has 0 radical (unpaired) electrons. The van der Waals surface area contributed by atoms with Gasteiger partial charge in [-0.3, -0.25) is 9.79 Å². The van der Waals surface area contributed by atoms with Crippen LogP contribution in [0.4, 0.5) is 0 Å². The molecule has 0 aliphatic carbocycles. The van der Waals surface area contributed by atoms with Gasteiger partial charge >= 0.3 is 0 Å². The van der Waals surface area contributed by atoms with Crippen molar-refractivity contribution in [2.24, 2.45) is 4.99 Å². The molecule has 120 valence electrons. The Labute approximate surface area is 137 Å². The van der Waals surface area contributed by atoms with Gasteiger partial charge in [-0.05, 0) is 48.4 Å². The van der Waals surface area contributed by atoms with E-state index in [1.807, 2.05) is 24.3 Å². The second kappa shape index (κ2) is 6.97. The van der Waals surface area contributed by atoms with Gasteiger partial charge in [0.15, 0.2) is 16.6 Å². The van der Waals surface area contributed by atoms with Gasteiger partial charge in [-0.15, -0.1) is 0 Å². The maximum atomic E-state index is 12.0. The van der Waals surface area contributed by atoms with Gasteiger partial charge in [-0.2, -0.15) is 0 Å². The lowest BCUT2D eigenvalue weighted by molar-refractivity contribution is -0.115. The number of rotatable bonds is 5. The molecule has 0 atom stereocenters. The van der Waals surface area contributed by atoms with Crippen molar-refractivity contribution >= 4 is 40.0 Å². The Morgan fingerprint density at radius 3 is 3.13 bits per heavy atom. The van der Waals surface area contributed by atoms with Crippen LogP contribution in [-0.4, -0.2) is 34.3 Å². The normalized spacial score (nSPS) is 18.3. The van der Waals surface area contributed by atoms with Crippen LogP contribution >= 0.6 is 11.8 Å². The van der Waals surface area contributed by atoms with Crippen molar-refractivity contribution in [1.82, 2.24) is 10.3 Å². The van der Waals surface area contributed by atoms with Crippen molar-refractivity contribution in [2.45, 2.75) is 19.8 Å². The number of nitrogens with zero attached hydrogens (tertiary/aromatic N) is 2. The van der Waals surface area contributed by atoms with Crippen molar-refractivity contribution < 1.29 is 14.3 Å². The minimum Gasteiger partial charge on any atom is -0.441 e. The highest BCUT2D eigenvalue weighted by molar-refractivity contribution is 8.18. The highest BCUT2D eigenvalue weighted by Crippen LogP contribution is 2.27. The molecule has 6 nitrogen and oxygen atoms in total. The maximum Gasteiger partial charge on any atom is 0.264 e. The number of carbonyl (C=O) groups is 1. The van der Waals surface area contributed by atoms with E-state index in [1.165, 1.54) is 11.8 Å². The molecule has 0 unspecified atom stereocenters. The number of aryl methyl sites for hydroxylation is 1. The molecule has 1 amide bonds. The SMILES string of the molecule is Cc1nc2ccc(/C=C3/SC(=NCCCCO)NC3=O)cc2o1. The summed E-state index contributed by atoms with van der Waals surface area (Å²) in [6.07, 6.45) is 3.33. The second-order valence-electron chi connectivity index (χ2n) is 5.14. The number of aromatic nitrogens is 1. The van der Waals surface area contributed by atoms with E-state index in [1.54, 1.807) is 6.92 Å². The number of fused-ring (bicyclic) bond motifs is 1. The van der Waals surface area contributed by atoms with Crippen molar-refractivity contribution in [3.8, 4) is 0 Å². The summed E-state index contributed by atoms with van der Waals surface area (Å²) >= 11 is 1.32. The molecule has 1 aliphatic heterocycles. The molecule has 0 saturated carbocycles. The Morgan fingerprint density at radius 2 is 2.30 bits per heavy atom. The molecular formula is C16H17N3O3S. The van der Waals surface area contributed by atoms with Gasteiger partial charge in [0.05, 0.1) is 4.91 Å². The highest BCUT2D eigenvalue weighted by atomic mass is 32.2. The molecule has 1 aromatic heterocycles. The van der Waals surface area contributed by atoms with Crippen LogP contribution in [0.5, 0.6) is 0 Å². The number of amidine groups is 1. The molecule has 1 saturated heterocycles. The molecule has 2 aromatic rings. The average molecular weight is 331 g/mol. The molecule has 0 bridgehead atoms. The molecule has 1 aliphatic rings. The van der Waals surface area contributed by atoms with E-state index >= 15 is 0 Å². The van der Waals surface area contributed by atoms with Gasteiger partial charge in [-0.25, -0.2) is 4.98 Å². The fourth-order valence-electron chi connectivity index (χ4n) is 2.20. The largest absolute Gasteiger partial charge is 0.441 e. The first kappa shape index (κ1) is 15.8. The summed E-state index contributed by atoms with van der Waals surface area (Å²) in [6, 6.07) is 5.65. The summed E-state index contributed by atoms with van der Waals surface area (Å²) in [7, 11) is 0. The topological polar surface area (TPSA) is 87.7 Å². The van der Waals surface area contributed by atoms with Crippen molar-refractivity contribution in [2.75, 3.05) is 13.2 Å². The van der Waals surface area contributed by atoms with E-state index in [4.69, 9.17) is 9.52 Å². The fraction of sp³-hybridized carbons (Fsp3) is 0.312. The molecule has 23 heavy (non-hydrogen) atoms. The van der Waals surface area contributed by atoms with Crippen LogP contribution < -0.4 is 5.32 Å². The lowest BCUT2D eigenvalue weighted by Gasteiger charge is -1.95. The van der Waals surface area contributed by atoms with Crippen LogP contribution in [0, 0.1) is 6.92 Å². The van der Waals surface area contributed by atoms with Gasteiger partial charge in [0, 0.05) is 20.1 Å². The number of amides is 1. The number of thioether (sulfide) groups is 1. The molecule has 2 heterocycles. The molecule has 2 N–H and O–H groups in total. The van der Waals surface area contributed by atoms with Crippen LogP contribution in [0.1, 0.15) is 24.3 Å². The summed E-state index contributed by atoms with van der Waals surface area (Å²) < 4.78 is 5.51. The third kappa shape index (κ3) is 3.80. The minimum atomic E-state index is -0.148. The number of oxazole rings is 1. The number of benzene rings is 1. The van der Waals surface area contributed by atoms with Gasteiger partial charge < -0.3 is 14.8 Å². The van der Waals surface area contributed by atoms with E-state index in [9.17, 15) is 4.79 Å². The lowest BCUT2D eigenvalue weighted by atomic mass is 10.2. The lowest BCUT2D eigenvalue weighted by Crippen LogP contribution is -2.19. The zero-order valence-electron chi connectivity index (χ0n) is 12.7. The third-order valence-electron chi connectivity index (χ3n) is 3.29. The minimum absolute atomic E-state index is 0.148. The number of unbranched alkanes of at least 4 members (excludes halogenated alkanes) is 1. The standard InChI is InChI=1S/C16H17N3O3S/c1-10-18-12-5-4-11(8-13(12)22-10)9-14-15(21)19-16(23-14)17-6-2-3-7-20/h4-5,8-9,20H,2-3,6-7H2,1H3,(H,17,19,21)/b14-9+. The van der Waals surface area contributed by atoms with Crippen molar-refractivity contribution in [3.05, 3.63) is 34.6 Å². The second-order valence-corrected chi connectivity index (χ2v) is 6.17. The number of hydrogen-bond acceptors (Lipinski definition) is 6. The van der Waals surface area contributed by atoms with E-state index < -0.39 is 0 Å². The Bertz CT molecular complexity index is 795. The highest BCUT2D eigenvalue weighted by Gasteiger charge is 2.23. The van der Waals surface area contributed by atoms with Crippen LogP contribution in [0.3, 0.4) is 0 Å². The first-order valence-electron chi connectivity index (χ1n) is 7.39. The van der Waals surface area contributed by atoms with E-state index in [2.05, 4.69) is 15.3 Å². The molecule has 1 fully saturated rings. The van der Waals surface area contributed by atoms with Crippen LogP contribution in [0.15, 0.2) is 32.5 Å². The van der Waals surface area contributed by atoms with Crippen molar-refractivity contribution in [3.63, 3.8) is 0 Å². The van der Waals surface area contributed by atoms with Gasteiger partial charge in [0.1, 0.15) is 5.52 Å². The fourth-order valence-corrected chi connectivity index (χ4v) is 3.05. The summed E-state index contributed by atoms with van der Waals surface area (Å²) in [5.41, 5.74) is 2.39. The van der Waals surface area contributed by atoms with Crippen molar-refractivity contribution in [1.29, 1.82) is 0 Å². The quantitative estimate of drug-likeness (QED) is 0.649. The smallest absolute Gasteiger partial charge is 0.264 e. The molecule has 1 aromatic carbocycles. The maximum absolute atomic E-state index is 12.0. The van der Waals surface area contributed by atoms with Gasteiger partial charge in [-0.1, -0.05) is 6.07 Å². The number of aliphatic hydroxyl groups is 1. The number of hydrogen-bond donors (Lipinski definition) is 2. The third-order valence-corrected chi connectivity index (χ3v) is 4.24. The Kier molecular flexibility index (Phi) is 4.78. The molecular weight excluding hydrogens is 314 g/mol. The van der Waals surface area contributed by atoms with Gasteiger partial charge in [0.25, 0.3) is 5.91 Å². The average Bonchev–Trinajstić information content (AvgIpc) is 3.05. The summed E-state index contributed by atoms with van der Waals surface area (Å²) in [4.78, 5) is 21.2. The zero-order chi connectivity index (χ0) is 16.2. The monoisotopic (exact) mass is 331 g/mol. The molecule has 0 spiro atoms. The van der Waals surface area contributed by atoms with E-state index in [-0.39, 0.29) is 12.5 Å². The van der Waals surface area contributed by atoms with Crippen LogP contribution in [-0.2, 0) is 4.79 Å². The Balaban J connectivity index is 1.74. The Hall–Kier alpha value is -2.12. The number of carbonyl (C=O) groups excluding carboxylic acids is 1. The first-order chi connectivity index (χ1) is 11.2. The van der Waals surface area contributed by atoms with Crippen LogP contribution in [0.25, 0.3) is 17.2 Å². The summed E-state index contributed by atoms with van der Waals surface area (Å²) in [5.74, 6) is 0.472. The van der Waals surface area contributed by atoms with E-state index in [0.717, 1.165) is 17.5 Å². The van der Waals surface area contributed by atoms with Crippen LogP contribution in [0.2, 0.25) is 0 Å². The number of nitrogens with one attached hydrogen (secondary N) is 1. The predicted molar refractivity (Wildman–Crippen MR) is 91.1 cm³/mol. The molecule has 3 rings (SSSR count). The predicted octanol–water partition coefficient (Wildman–Crippen LogP) is 2.47. The van der Waals surface area contributed by atoms with E-state index in [0.29, 0.717) is 34.5 Å². The summed E-state index contributed by atoms with van der Waals surface area (Å²) in [5, 5.41) is 12.1. The van der Waals surface area contributed by atoms with Gasteiger partial charge in [0.2, 0.25) is 0 Å². The first-order valence-corrected chi connectivity index (χ1v) is 8.21. The molecule has 7 heteroatoms.